The Morgan fingerprint density at radius 2 is 0.511 bits per heavy atom. The van der Waals surface area contributed by atoms with Crippen molar-refractivity contribution in [3.63, 3.8) is 0 Å². The standard InChI is InChI=1S/C86H169NO5/c1-3-5-7-9-11-13-15-17-19-21-23-24-36-39-43-46-50-54-58-62-66-70-74-78-84(89)83(82-88)87-85(90)79-75-71-67-63-59-55-51-47-44-40-37-34-32-30-28-26-25-27-29-31-33-35-38-41-45-49-53-57-61-65-69-73-77-81-92-86(91)80-76-72-68-64-60-56-52-48-42-22-20-18-16-14-12-10-8-6-4-2/h18,20,83-84,88-89H,3-17,19,21-82H2,1-2H3,(H,87,90)/b20-18-. The summed E-state index contributed by atoms with van der Waals surface area (Å²) in [5.41, 5.74) is 0. The second kappa shape index (κ2) is 82.0. The van der Waals surface area contributed by atoms with Crippen molar-refractivity contribution in [2.45, 2.75) is 514 Å². The summed E-state index contributed by atoms with van der Waals surface area (Å²) < 4.78 is 5.52. The third kappa shape index (κ3) is 77.6. The molecule has 0 aliphatic heterocycles. The van der Waals surface area contributed by atoms with E-state index in [2.05, 4.69) is 31.3 Å². The van der Waals surface area contributed by atoms with Gasteiger partial charge in [0.1, 0.15) is 0 Å². The van der Waals surface area contributed by atoms with E-state index in [4.69, 9.17) is 4.74 Å². The number of hydrogen-bond donors (Lipinski definition) is 3. The fourth-order valence-electron chi connectivity index (χ4n) is 14.1. The van der Waals surface area contributed by atoms with E-state index < -0.39 is 12.1 Å². The van der Waals surface area contributed by atoms with Crippen LogP contribution in [0.2, 0.25) is 0 Å². The van der Waals surface area contributed by atoms with Crippen LogP contribution in [0.15, 0.2) is 12.2 Å². The fourth-order valence-corrected chi connectivity index (χ4v) is 14.1. The predicted octanol–water partition coefficient (Wildman–Crippen LogP) is 28.6. The Kier molecular flexibility index (Phi) is 80.8. The van der Waals surface area contributed by atoms with Gasteiger partial charge in [0.25, 0.3) is 0 Å². The minimum absolute atomic E-state index is 0.0229. The van der Waals surface area contributed by atoms with E-state index in [1.54, 1.807) is 0 Å². The minimum Gasteiger partial charge on any atom is -0.466 e. The van der Waals surface area contributed by atoms with Gasteiger partial charge in [-0.1, -0.05) is 450 Å². The average molecular weight is 1300 g/mol. The van der Waals surface area contributed by atoms with Gasteiger partial charge in [-0.3, -0.25) is 9.59 Å². The lowest BCUT2D eigenvalue weighted by Gasteiger charge is -2.22. The molecule has 0 heterocycles. The summed E-state index contributed by atoms with van der Waals surface area (Å²) in [6.45, 7) is 5.02. The third-order valence-electron chi connectivity index (χ3n) is 20.6. The summed E-state index contributed by atoms with van der Waals surface area (Å²) in [4.78, 5) is 24.7. The summed E-state index contributed by atoms with van der Waals surface area (Å²) in [5, 5.41) is 23.5. The molecule has 6 heteroatoms. The summed E-state index contributed by atoms with van der Waals surface area (Å²) in [5.74, 6) is -0.000815. The Hall–Kier alpha value is -1.40. The van der Waals surface area contributed by atoms with Crippen molar-refractivity contribution in [1.82, 2.24) is 5.32 Å². The van der Waals surface area contributed by atoms with Crippen molar-refractivity contribution < 1.29 is 24.5 Å². The molecule has 0 aromatic carbocycles. The van der Waals surface area contributed by atoms with Gasteiger partial charge < -0.3 is 20.3 Å². The molecule has 1 amide bonds. The first-order chi connectivity index (χ1) is 45.5. The zero-order chi connectivity index (χ0) is 66.3. The number of ether oxygens (including phenoxy) is 1. The van der Waals surface area contributed by atoms with Gasteiger partial charge in [-0.15, -0.1) is 0 Å². The van der Waals surface area contributed by atoms with Crippen LogP contribution < -0.4 is 5.32 Å². The molecule has 0 radical (unpaired) electrons. The minimum atomic E-state index is -0.662. The van der Waals surface area contributed by atoms with E-state index in [0.717, 1.165) is 38.5 Å². The smallest absolute Gasteiger partial charge is 0.305 e. The normalized spacial score (nSPS) is 12.4. The van der Waals surface area contributed by atoms with Gasteiger partial charge in [-0.05, 0) is 51.4 Å². The molecule has 2 atom stereocenters. The lowest BCUT2D eigenvalue weighted by Crippen LogP contribution is -2.45. The molecule has 0 fully saturated rings. The number of nitrogens with one attached hydrogen (secondary N) is 1. The molecule has 92 heavy (non-hydrogen) atoms. The van der Waals surface area contributed by atoms with Gasteiger partial charge in [0, 0.05) is 12.8 Å². The Bertz CT molecular complexity index is 1400. The molecule has 0 aromatic heterocycles. The molecule has 3 N–H and O–H groups in total. The van der Waals surface area contributed by atoms with Gasteiger partial charge in [0.2, 0.25) is 5.91 Å². The first kappa shape index (κ1) is 90.6. The lowest BCUT2D eigenvalue weighted by atomic mass is 10.0. The Morgan fingerprint density at radius 3 is 0.772 bits per heavy atom. The van der Waals surface area contributed by atoms with Gasteiger partial charge in [-0.2, -0.15) is 0 Å². The Balaban J connectivity index is 3.31. The average Bonchev–Trinajstić information content (AvgIpc) is 3.60. The van der Waals surface area contributed by atoms with Crippen LogP contribution in [0.4, 0.5) is 0 Å². The Labute approximate surface area is 578 Å². The Morgan fingerprint density at radius 1 is 0.293 bits per heavy atom. The molecule has 0 spiro atoms. The van der Waals surface area contributed by atoms with Crippen LogP contribution in [0, 0.1) is 0 Å². The molecule has 0 saturated carbocycles. The molecule has 0 rings (SSSR count). The van der Waals surface area contributed by atoms with Crippen LogP contribution in [-0.4, -0.2) is 47.4 Å². The van der Waals surface area contributed by atoms with Crippen molar-refractivity contribution in [3.8, 4) is 0 Å². The largest absolute Gasteiger partial charge is 0.466 e. The van der Waals surface area contributed by atoms with Gasteiger partial charge in [0.05, 0.1) is 25.4 Å². The fraction of sp³-hybridized carbons (Fsp3) is 0.953. The number of carbonyl (C=O) groups excluding carboxylic acids is 2. The molecular formula is C86H169NO5. The molecule has 0 aliphatic rings. The second-order valence-corrected chi connectivity index (χ2v) is 29.9. The number of amides is 1. The van der Waals surface area contributed by atoms with Gasteiger partial charge in [-0.25, -0.2) is 0 Å². The van der Waals surface area contributed by atoms with Crippen LogP contribution in [0.25, 0.3) is 0 Å². The maximum Gasteiger partial charge on any atom is 0.305 e. The number of allylic oxidation sites excluding steroid dienone is 2. The van der Waals surface area contributed by atoms with E-state index in [9.17, 15) is 19.8 Å². The van der Waals surface area contributed by atoms with Gasteiger partial charge in [0.15, 0.2) is 0 Å². The van der Waals surface area contributed by atoms with Crippen molar-refractivity contribution in [3.05, 3.63) is 12.2 Å². The summed E-state index contributed by atoms with van der Waals surface area (Å²) in [6.07, 6.45) is 105. The van der Waals surface area contributed by atoms with E-state index in [1.807, 2.05) is 0 Å². The van der Waals surface area contributed by atoms with Gasteiger partial charge >= 0.3 is 5.97 Å². The number of unbranched alkanes of at least 4 members (excludes halogenated alkanes) is 69. The lowest BCUT2D eigenvalue weighted by molar-refractivity contribution is -0.143. The molecule has 0 saturated heterocycles. The zero-order valence-electron chi connectivity index (χ0n) is 63.1. The molecule has 548 valence electrons. The molecule has 0 aliphatic carbocycles. The van der Waals surface area contributed by atoms with Crippen molar-refractivity contribution >= 4 is 11.9 Å². The van der Waals surface area contributed by atoms with Crippen LogP contribution in [0.5, 0.6) is 0 Å². The first-order valence-corrected chi connectivity index (χ1v) is 42.9. The quantitative estimate of drug-likeness (QED) is 0.0320. The van der Waals surface area contributed by atoms with Crippen molar-refractivity contribution in [1.29, 1.82) is 0 Å². The highest BCUT2D eigenvalue weighted by atomic mass is 16.5. The predicted molar refractivity (Wildman–Crippen MR) is 407 cm³/mol. The number of aliphatic hydroxyl groups is 2. The van der Waals surface area contributed by atoms with E-state index in [1.165, 1.54) is 430 Å². The topological polar surface area (TPSA) is 95.9 Å². The number of carbonyl (C=O) groups is 2. The van der Waals surface area contributed by atoms with Crippen LogP contribution in [-0.2, 0) is 14.3 Å². The number of aliphatic hydroxyl groups excluding tert-OH is 2. The highest BCUT2D eigenvalue weighted by molar-refractivity contribution is 5.76. The highest BCUT2D eigenvalue weighted by Gasteiger charge is 2.20. The van der Waals surface area contributed by atoms with Crippen LogP contribution >= 0.6 is 0 Å². The molecule has 0 aromatic rings. The second-order valence-electron chi connectivity index (χ2n) is 29.9. The van der Waals surface area contributed by atoms with Crippen molar-refractivity contribution in [2.24, 2.45) is 0 Å². The summed E-state index contributed by atoms with van der Waals surface area (Å²) in [6, 6.07) is -0.539. The highest BCUT2D eigenvalue weighted by Crippen LogP contribution is 2.21. The maximum atomic E-state index is 12.6. The zero-order valence-corrected chi connectivity index (χ0v) is 63.1. The van der Waals surface area contributed by atoms with Crippen molar-refractivity contribution in [2.75, 3.05) is 13.2 Å². The third-order valence-corrected chi connectivity index (χ3v) is 20.6. The molecule has 2 unspecified atom stereocenters. The number of hydrogen-bond acceptors (Lipinski definition) is 5. The maximum absolute atomic E-state index is 12.6. The molecular weight excluding hydrogens is 1130 g/mol. The van der Waals surface area contributed by atoms with Crippen LogP contribution in [0.3, 0.4) is 0 Å². The molecule has 0 bridgehead atoms. The first-order valence-electron chi connectivity index (χ1n) is 42.9. The van der Waals surface area contributed by atoms with Crippen LogP contribution in [0.1, 0.15) is 502 Å². The van der Waals surface area contributed by atoms with E-state index in [-0.39, 0.29) is 18.5 Å². The summed E-state index contributed by atoms with van der Waals surface area (Å²) in [7, 11) is 0. The SMILES string of the molecule is CCCCCCCC/C=C\CCCCCCCCCCCC(=O)OCCCCCCCCCCCCCCCCCCCCCCCCCCCCCCCCCCCC(=O)NC(CO)C(O)CCCCCCCCCCCCCCCCCCCCCCCCC. The van der Waals surface area contributed by atoms with E-state index >= 15 is 0 Å². The number of esters is 1. The number of rotatable bonds is 82. The van der Waals surface area contributed by atoms with E-state index in [0.29, 0.717) is 25.9 Å². The molecule has 6 nitrogen and oxygen atoms in total. The monoisotopic (exact) mass is 1300 g/mol. The summed E-state index contributed by atoms with van der Waals surface area (Å²) >= 11 is 0.